The van der Waals surface area contributed by atoms with E-state index in [0.717, 1.165) is 5.56 Å². The largest absolute Gasteiger partial charge is 0.492 e. The molecule has 1 aromatic carbocycles. The average Bonchev–Trinajstić information content (AvgIpc) is 2.46. The summed E-state index contributed by atoms with van der Waals surface area (Å²) in [6, 6.07) is 4.93. The van der Waals surface area contributed by atoms with Gasteiger partial charge >= 0.3 is 0 Å². The van der Waals surface area contributed by atoms with E-state index in [1.807, 2.05) is 25.1 Å². The minimum Gasteiger partial charge on any atom is -0.492 e. The van der Waals surface area contributed by atoms with Crippen molar-refractivity contribution in [1.82, 2.24) is 0 Å². The molecule has 4 heteroatoms. The van der Waals surface area contributed by atoms with E-state index in [1.54, 1.807) is 0 Å². The number of anilines is 1. The van der Waals surface area contributed by atoms with Gasteiger partial charge in [0.2, 0.25) is 5.91 Å². The maximum Gasteiger partial charge on any atom is 0.246 e. The Morgan fingerprint density at radius 1 is 1.57 bits per heavy atom. The van der Waals surface area contributed by atoms with Gasteiger partial charge in [0.05, 0.1) is 12.3 Å². The fourth-order valence-corrected chi connectivity index (χ4v) is 1.56. The summed E-state index contributed by atoms with van der Waals surface area (Å²) in [5.74, 6) is 0.512. The predicted octanol–water partition coefficient (Wildman–Crippen LogP) is 1.04. The predicted molar refractivity (Wildman–Crippen MR) is 53.2 cm³/mol. The van der Waals surface area contributed by atoms with Gasteiger partial charge in [0.15, 0.2) is 0 Å². The molecule has 0 fully saturated rings. The number of rotatable bonds is 2. The Bertz CT molecular complexity index is 376. The summed E-state index contributed by atoms with van der Waals surface area (Å²) >= 11 is 0. The molecule has 74 valence electrons. The summed E-state index contributed by atoms with van der Waals surface area (Å²) < 4.78 is 5.38. The van der Waals surface area contributed by atoms with E-state index in [1.165, 1.54) is 0 Å². The average molecular weight is 192 g/mol. The van der Waals surface area contributed by atoms with Gasteiger partial charge in [0, 0.05) is 5.56 Å². The second kappa shape index (κ2) is 3.31. The Hall–Kier alpha value is -1.55. The van der Waals surface area contributed by atoms with Crippen molar-refractivity contribution in [2.75, 3.05) is 11.9 Å². The molecule has 1 unspecified atom stereocenters. The number of carbonyl (C=O) groups is 1. The summed E-state index contributed by atoms with van der Waals surface area (Å²) in [6.45, 7) is 2.47. The maximum atomic E-state index is 11.3. The highest BCUT2D eigenvalue weighted by Gasteiger charge is 2.29. The van der Waals surface area contributed by atoms with E-state index in [4.69, 9.17) is 10.5 Å². The highest BCUT2D eigenvalue weighted by atomic mass is 16.5. The van der Waals surface area contributed by atoms with Crippen LogP contribution in [-0.2, 0) is 4.79 Å². The number of amides is 1. The second-order valence-corrected chi connectivity index (χ2v) is 3.12. The van der Waals surface area contributed by atoms with Gasteiger partial charge in [-0.3, -0.25) is 4.79 Å². The zero-order valence-electron chi connectivity index (χ0n) is 7.91. The third kappa shape index (κ3) is 1.24. The minimum absolute atomic E-state index is 0.174. The Morgan fingerprint density at radius 3 is 3.07 bits per heavy atom. The van der Waals surface area contributed by atoms with Gasteiger partial charge in [0.25, 0.3) is 0 Å². The van der Waals surface area contributed by atoms with Crippen molar-refractivity contribution in [3.63, 3.8) is 0 Å². The quantitative estimate of drug-likeness (QED) is 0.735. The van der Waals surface area contributed by atoms with Gasteiger partial charge in [-0.2, -0.15) is 0 Å². The summed E-state index contributed by atoms with van der Waals surface area (Å²) in [7, 11) is 0. The molecule has 2 rings (SSSR count). The van der Waals surface area contributed by atoms with Gasteiger partial charge in [-0.05, 0) is 13.0 Å². The molecule has 1 aliphatic heterocycles. The first-order chi connectivity index (χ1) is 6.74. The summed E-state index contributed by atoms with van der Waals surface area (Å²) in [4.78, 5) is 11.3. The Balaban J connectivity index is 2.44. The lowest BCUT2D eigenvalue weighted by Gasteiger charge is -2.08. The minimum atomic E-state index is -0.564. The topological polar surface area (TPSA) is 64.3 Å². The van der Waals surface area contributed by atoms with Crippen LogP contribution in [0.1, 0.15) is 18.5 Å². The molecule has 0 spiro atoms. The first kappa shape index (κ1) is 9.02. The van der Waals surface area contributed by atoms with Crippen molar-refractivity contribution in [3.05, 3.63) is 23.8 Å². The third-order valence-electron chi connectivity index (χ3n) is 2.22. The molecule has 3 N–H and O–H groups in total. The van der Waals surface area contributed by atoms with E-state index in [2.05, 4.69) is 5.32 Å². The number of hydrogen-bond acceptors (Lipinski definition) is 3. The molecule has 0 radical (unpaired) electrons. The van der Waals surface area contributed by atoms with Crippen molar-refractivity contribution >= 4 is 11.6 Å². The highest BCUT2D eigenvalue weighted by molar-refractivity contribution is 6.03. The SMILES string of the molecule is CCOc1cccc2c1NC(=O)C2N. The fraction of sp³-hybridized carbons (Fsp3) is 0.300. The van der Waals surface area contributed by atoms with Crippen LogP contribution in [-0.4, -0.2) is 12.5 Å². The second-order valence-electron chi connectivity index (χ2n) is 3.12. The lowest BCUT2D eigenvalue weighted by molar-refractivity contribution is -0.116. The smallest absolute Gasteiger partial charge is 0.246 e. The van der Waals surface area contributed by atoms with Gasteiger partial charge < -0.3 is 15.8 Å². The van der Waals surface area contributed by atoms with Crippen LogP contribution in [0.3, 0.4) is 0 Å². The molecule has 1 aliphatic rings. The summed E-state index contributed by atoms with van der Waals surface area (Å²) in [5, 5.41) is 2.71. The standard InChI is InChI=1S/C10H12N2O2/c1-2-14-7-5-3-4-6-8(11)10(13)12-9(6)7/h3-5,8H,2,11H2,1H3,(H,12,13). The van der Waals surface area contributed by atoms with Crippen LogP contribution < -0.4 is 15.8 Å². The molecule has 1 aromatic rings. The highest BCUT2D eigenvalue weighted by Crippen LogP contribution is 2.36. The molecule has 0 bridgehead atoms. The molecule has 1 atom stereocenters. The molecule has 0 aliphatic carbocycles. The van der Waals surface area contributed by atoms with E-state index in [-0.39, 0.29) is 5.91 Å². The molecular formula is C10H12N2O2. The number of carbonyl (C=O) groups excluding carboxylic acids is 1. The number of para-hydroxylation sites is 1. The molecule has 0 saturated heterocycles. The van der Waals surface area contributed by atoms with Crippen molar-refractivity contribution in [3.8, 4) is 5.75 Å². The number of nitrogens with one attached hydrogen (secondary N) is 1. The molecule has 0 saturated carbocycles. The van der Waals surface area contributed by atoms with Gasteiger partial charge in [-0.15, -0.1) is 0 Å². The molecule has 0 aromatic heterocycles. The van der Waals surface area contributed by atoms with E-state index in [9.17, 15) is 4.79 Å². The van der Waals surface area contributed by atoms with Crippen LogP contribution in [0.25, 0.3) is 0 Å². The first-order valence-electron chi connectivity index (χ1n) is 4.56. The van der Waals surface area contributed by atoms with E-state index < -0.39 is 6.04 Å². The zero-order valence-corrected chi connectivity index (χ0v) is 7.91. The molecule has 1 heterocycles. The van der Waals surface area contributed by atoms with Crippen LogP contribution in [0.15, 0.2) is 18.2 Å². The van der Waals surface area contributed by atoms with Crippen LogP contribution >= 0.6 is 0 Å². The van der Waals surface area contributed by atoms with E-state index in [0.29, 0.717) is 18.0 Å². The van der Waals surface area contributed by atoms with Crippen molar-refractivity contribution in [1.29, 1.82) is 0 Å². The van der Waals surface area contributed by atoms with Gasteiger partial charge in [-0.1, -0.05) is 12.1 Å². The maximum absolute atomic E-state index is 11.3. The number of fused-ring (bicyclic) bond motifs is 1. The van der Waals surface area contributed by atoms with Crippen LogP contribution in [0.5, 0.6) is 5.75 Å². The van der Waals surface area contributed by atoms with Crippen molar-refractivity contribution in [2.24, 2.45) is 5.73 Å². The first-order valence-corrected chi connectivity index (χ1v) is 4.56. The van der Waals surface area contributed by atoms with E-state index >= 15 is 0 Å². The van der Waals surface area contributed by atoms with Crippen LogP contribution in [0.2, 0.25) is 0 Å². The molecule has 14 heavy (non-hydrogen) atoms. The molecule has 4 nitrogen and oxygen atoms in total. The van der Waals surface area contributed by atoms with Gasteiger partial charge in [-0.25, -0.2) is 0 Å². The number of benzene rings is 1. The lowest BCUT2D eigenvalue weighted by Crippen LogP contribution is -2.19. The molecular weight excluding hydrogens is 180 g/mol. The zero-order chi connectivity index (χ0) is 10.1. The van der Waals surface area contributed by atoms with Crippen molar-refractivity contribution < 1.29 is 9.53 Å². The lowest BCUT2D eigenvalue weighted by atomic mass is 10.1. The van der Waals surface area contributed by atoms with Crippen molar-refractivity contribution in [2.45, 2.75) is 13.0 Å². The Kier molecular flexibility index (Phi) is 2.13. The molecule has 1 amide bonds. The van der Waals surface area contributed by atoms with Gasteiger partial charge in [0.1, 0.15) is 11.8 Å². The van der Waals surface area contributed by atoms with Crippen LogP contribution in [0, 0.1) is 0 Å². The fourth-order valence-electron chi connectivity index (χ4n) is 1.56. The van der Waals surface area contributed by atoms with Crippen LogP contribution in [0.4, 0.5) is 5.69 Å². The third-order valence-corrected chi connectivity index (χ3v) is 2.22. The Morgan fingerprint density at radius 2 is 2.36 bits per heavy atom. The number of ether oxygens (including phenoxy) is 1. The monoisotopic (exact) mass is 192 g/mol. The summed E-state index contributed by atoms with van der Waals surface area (Å²) in [5.41, 5.74) is 7.21. The normalized spacial score (nSPS) is 19.0. The Labute approximate surface area is 82.1 Å². The number of nitrogens with two attached hydrogens (primary N) is 1. The number of hydrogen-bond donors (Lipinski definition) is 2. The summed E-state index contributed by atoms with van der Waals surface area (Å²) in [6.07, 6.45) is 0.